The zero-order chi connectivity index (χ0) is 28.2. The van der Waals surface area contributed by atoms with Crippen LogP contribution < -0.4 is 10.6 Å². The van der Waals surface area contributed by atoms with E-state index in [1.807, 2.05) is 0 Å². The standard InChI is InChI=1S/C38H53N3/c1-27-15-14-22-33(30-17-6-4-7-18-30)36(27)39-29(3)34-25-24-31-19-10-11-23-35(37(31)40-34)41-38(26-13-12-16-28(38)2)32-20-8-5-9-21-32/h12-16,22,24-25,29-30,32,35,39,41H,4-11,17-21,23,26H2,1-3H3. The molecule has 4 aliphatic carbocycles. The van der Waals surface area contributed by atoms with Crippen molar-refractivity contribution in [1.82, 2.24) is 10.3 Å². The van der Waals surface area contributed by atoms with Gasteiger partial charge in [-0.3, -0.25) is 10.3 Å². The second kappa shape index (κ2) is 12.9. The SMILES string of the molecule is CC1=CC=CCC1(NC1CCCCc2ccc(C(C)Nc3c(C)cccc3C3CCCCC3)nc21)C1CCCCC1. The van der Waals surface area contributed by atoms with Gasteiger partial charge in [0.25, 0.3) is 0 Å². The highest BCUT2D eigenvalue weighted by molar-refractivity contribution is 5.59. The van der Waals surface area contributed by atoms with Crippen LogP contribution in [0, 0.1) is 12.8 Å². The molecule has 2 saturated carbocycles. The maximum atomic E-state index is 5.53. The fourth-order valence-electron chi connectivity index (χ4n) is 8.61. The Morgan fingerprint density at radius 2 is 1.61 bits per heavy atom. The number of para-hydroxylation sites is 1. The van der Waals surface area contributed by atoms with E-state index in [4.69, 9.17) is 4.98 Å². The van der Waals surface area contributed by atoms with Crippen LogP contribution in [-0.2, 0) is 6.42 Å². The monoisotopic (exact) mass is 551 g/mol. The highest BCUT2D eigenvalue weighted by atomic mass is 15.1. The van der Waals surface area contributed by atoms with Gasteiger partial charge in [0.15, 0.2) is 0 Å². The van der Waals surface area contributed by atoms with Crippen LogP contribution in [0.1, 0.15) is 150 Å². The Hall–Kier alpha value is -2.39. The van der Waals surface area contributed by atoms with Crippen molar-refractivity contribution in [1.29, 1.82) is 0 Å². The molecule has 0 bridgehead atoms. The molecule has 220 valence electrons. The van der Waals surface area contributed by atoms with Gasteiger partial charge >= 0.3 is 0 Å². The molecule has 2 N–H and O–H groups in total. The van der Waals surface area contributed by atoms with Crippen molar-refractivity contribution in [3.63, 3.8) is 0 Å². The summed E-state index contributed by atoms with van der Waals surface area (Å²) < 4.78 is 0. The van der Waals surface area contributed by atoms with Gasteiger partial charge in [0.2, 0.25) is 0 Å². The first-order valence-electron chi connectivity index (χ1n) is 17.0. The predicted octanol–water partition coefficient (Wildman–Crippen LogP) is 10.2. The largest absolute Gasteiger partial charge is 0.377 e. The maximum absolute atomic E-state index is 5.53. The van der Waals surface area contributed by atoms with Crippen LogP contribution in [0.3, 0.4) is 0 Å². The van der Waals surface area contributed by atoms with E-state index in [0.29, 0.717) is 17.9 Å². The lowest BCUT2D eigenvalue weighted by Crippen LogP contribution is -2.54. The molecular weight excluding hydrogens is 498 g/mol. The van der Waals surface area contributed by atoms with Crippen molar-refractivity contribution in [3.05, 3.63) is 82.2 Å². The number of pyridine rings is 1. The lowest BCUT2D eigenvalue weighted by molar-refractivity contribution is 0.171. The molecule has 3 atom stereocenters. The summed E-state index contributed by atoms with van der Waals surface area (Å²) in [5, 5.41) is 8.34. The summed E-state index contributed by atoms with van der Waals surface area (Å²) in [5.41, 5.74) is 9.79. The highest BCUT2D eigenvalue weighted by Gasteiger charge is 2.42. The lowest BCUT2D eigenvalue weighted by Gasteiger charge is -2.47. The second-order valence-electron chi connectivity index (χ2n) is 13.8. The molecule has 0 radical (unpaired) electrons. The fraction of sp³-hybridized carbons (Fsp3) is 0.605. The van der Waals surface area contributed by atoms with Crippen LogP contribution in [0.4, 0.5) is 5.69 Å². The summed E-state index contributed by atoms with van der Waals surface area (Å²) in [6, 6.07) is 12.1. The van der Waals surface area contributed by atoms with Crippen LogP contribution in [0.5, 0.6) is 0 Å². The molecule has 6 rings (SSSR count). The van der Waals surface area contributed by atoms with Crippen LogP contribution in [0.25, 0.3) is 0 Å². The topological polar surface area (TPSA) is 37.0 Å². The number of anilines is 1. The average molecular weight is 552 g/mol. The molecule has 41 heavy (non-hydrogen) atoms. The number of rotatable bonds is 7. The molecule has 2 aromatic rings. The zero-order valence-electron chi connectivity index (χ0n) is 26.0. The predicted molar refractivity (Wildman–Crippen MR) is 174 cm³/mol. The smallest absolute Gasteiger partial charge is 0.0657 e. The van der Waals surface area contributed by atoms with Gasteiger partial charge in [0.05, 0.1) is 23.5 Å². The van der Waals surface area contributed by atoms with E-state index < -0.39 is 0 Å². The second-order valence-corrected chi connectivity index (χ2v) is 13.8. The summed E-state index contributed by atoms with van der Waals surface area (Å²) >= 11 is 0. The third kappa shape index (κ3) is 6.07. The first kappa shape index (κ1) is 28.7. The molecule has 0 saturated heterocycles. The summed E-state index contributed by atoms with van der Waals surface area (Å²) in [4.78, 5) is 5.53. The minimum Gasteiger partial charge on any atom is -0.377 e. The Balaban J connectivity index is 1.29. The normalized spacial score (nSPS) is 26.6. The van der Waals surface area contributed by atoms with Crippen molar-refractivity contribution in [3.8, 4) is 0 Å². The van der Waals surface area contributed by atoms with Crippen LogP contribution >= 0.6 is 0 Å². The number of aromatic nitrogens is 1. The lowest BCUT2D eigenvalue weighted by atomic mass is 9.67. The van der Waals surface area contributed by atoms with Gasteiger partial charge in [-0.05, 0) is 107 Å². The van der Waals surface area contributed by atoms with Crippen LogP contribution in [-0.4, -0.2) is 10.5 Å². The number of hydrogen-bond acceptors (Lipinski definition) is 3. The van der Waals surface area contributed by atoms with Crippen molar-refractivity contribution >= 4 is 5.69 Å². The molecule has 1 heterocycles. The van der Waals surface area contributed by atoms with Crippen LogP contribution in [0.2, 0.25) is 0 Å². The maximum Gasteiger partial charge on any atom is 0.0657 e. The third-order valence-corrected chi connectivity index (χ3v) is 11.1. The number of fused-ring (bicyclic) bond motifs is 1. The van der Waals surface area contributed by atoms with Crippen molar-refractivity contribution in [2.75, 3.05) is 5.32 Å². The quantitative estimate of drug-likeness (QED) is 0.336. The molecule has 1 aromatic carbocycles. The van der Waals surface area contributed by atoms with Crippen LogP contribution in [0.15, 0.2) is 54.1 Å². The van der Waals surface area contributed by atoms with E-state index in [0.717, 1.165) is 12.8 Å². The zero-order valence-corrected chi connectivity index (χ0v) is 26.0. The number of aryl methyl sites for hydroxylation is 2. The average Bonchev–Trinajstić information content (AvgIpc) is 3.21. The minimum atomic E-state index is 0.0685. The van der Waals surface area contributed by atoms with Gasteiger partial charge in [0, 0.05) is 11.2 Å². The highest BCUT2D eigenvalue weighted by Crippen LogP contribution is 2.44. The Morgan fingerprint density at radius 3 is 2.39 bits per heavy atom. The van der Waals surface area contributed by atoms with E-state index in [2.05, 4.69) is 80.0 Å². The van der Waals surface area contributed by atoms with Gasteiger partial charge in [-0.15, -0.1) is 0 Å². The molecule has 3 nitrogen and oxygen atoms in total. The number of nitrogens with zero attached hydrogens (tertiary/aromatic N) is 1. The van der Waals surface area contributed by atoms with Gasteiger partial charge in [-0.2, -0.15) is 0 Å². The molecule has 1 aromatic heterocycles. The Morgan fingerprint density at radius 1 is 0.854 bits per heavy atom. The summed E-state index contributed by atoms with van der Waals surface area (Å²) in [6.45, 7) is 6.96. The number of hydrogen-bond donors (Lipinski definition) is 2. The van der Waals surface area contributed by atoms with Crippen molar-refractivity contribution in [2.24, 2.45) is 5.92 Å². The molecule has 3 heteroatoms. The minimum absolute atomic E-state index is 0.0685. The number of nitrogens with one attached hydrogen (secondary N) is 2. The Labute approximate surface area is 249 Å². The number of allylic oxidation sites excluding steroid dienone is 2. The van der Waals surface area contributed by atoms with E-state index in [9.17, 15) is 0 Å². The Kier molecular flexibility index (Phi) is 9.01. The van der Waals surface area contributed by atoms with Crippen molar-refractivity contribution < 1.29 is 0 Å². The van der Waals surface area contributed by atoms with E-state index in [1.165, 1.54) is 123 Å². The van der Waals surface area contributed by atoms with Gasteiger partial charge in [-0.25, -0.2) is 0 Å². The molecule has 0 amide bonds. The van der Waals surface area contributed by atoms with E-state index in [-0.39, 0.29) is 11.6 Å². The molecule has 3 unspecified atom stereocenters. The molecular formula is C38H53N3. The summed E-state index contributed by atoms with van der Waals surface area (Å²) in [5.74, 6) is 1.40. The van der Waals surface area contributed by atoms with E-state index in [1.54, 1.807) is 0 Å². The van der Waals surface area contributed by atoms with Crippen molar-refractivity contribution in [2.45, 2.75) is 141 Å². The van der Waals surface area contributed by atoms with Gasteiger partial charge < -0.3 is 5.32 Å². The first-order valence-corrected chi connectivity index (χ1v) is 17.0. The molecule has 0 spiro atoms. The number of benzene rings is 1. The first-order chi connectivity index (χ1) is 20.0. The summed E-state index contributed by atoms with van der Waals surface area (Å²) in [6.07, 6.45) is 26.6. The molecule has 0 aliphatic heterocycles. The molecule has 4 aliphatic rings. The molecule has 2 fully saturated rings. The van der Waals surface area contributed by atoms with Gasteiger partial charge in [0.1, 0.15) is 0 Å². The third-order valence-electron chi connectivity index (χ3n) is 11.1. The fourth-order valence-corrected chi connectivity index (χ4v) is 8.61. The summed E-state index contributed by atoms with van der Waals surface area (Å²) in [7, 11) is 0. The van der Waals surface area contributed by atoms with E-state index >= 15 is 0 Å². The Bertz CT molecular complexity index is 1250. The van der Waals surface area contributed by atoms with Gasteiger partial charge in [-0.1, -0.05) is 93.0 Å².